The first-order chi connectivity index (χ1) is 7.68. The van der Waals surface area contributed by atoms with Gasteiger partial charge in [-0.25, -0.2) is 4.98 Å². The van der Waals surface area contributed by atoms with Gasteiger partial charge in [-0.05, 0) is 44.0 Å². The molecule has 0 aliphatic heterocycles. The summed E-state index contributed by atoms with van der Waals surface area (Å²) in [7, 11) is 0. The highest BCUT2D eigenvalue weighted by Crippen LogP contribution is 2.30. The Balaban J connectivity index is 2.25. The summed E-state index contributed by atoms with van der Waals surface area (Å²) < 4.78 is 1.57. The van der Waals surface area contributed by atoms with E-state index in [-0.39, 0.29) is 11.7 Å². The summed E-state index contributed by atoms with van der Waals surface area (Å²) in [6, 6.07) is 5.53. The van der Waals surface area contributed by atoms with E-state index in [0.29, 0.717) is 5.69 Å². The van der Waals surface area contributed by atoms with Gasteiger partial charge in [0.15, 0.2) is 0 Å². The molecule has 82 valence electrons. The maximum Gasteiger partial charge on any atom is 0.293 e. The van der Waals surface area contributed by atoms with Gasteiger partial charge in [-0.15, -0.1) is 0 Å². The number of nitrogens with one attached hydrogen (secondary N) is 2. The predicted octanol–water partition coefficient (Wildman–Crippen LogP) is 2.58. The van der Waals surface area contributed by atoms with Crippen molar-refractivity contribution in [2.45, 2.75) is 0 Å². The summed E-state index contributed by atoms with van der Waals surface area (Å²) in [5.74, 6) is -0.173. The van der Waals surface area contributed by atoms with Gasteiger partial charge in [0.25, 0.3) is 5.91 Å². The lowest BCUT2D eigenvalue weighted by Gasteiger charge is -2.07. The molecule has 2 aromatic rings. The molecule has 1 heterocycles. The molecule has 1 aromatic carbocycles. The van der Waals surface area contributed by atoms with Crippen molar-refractivity contribution in [1.82, 2.24) is 15.2 Å². The van der Waals surface area contributed by atoms with Crippen molar-refractivity contribution in [3.63, 3.8) is 0 Å². The molecule has 0 aliphatic rings. The number of nitrogens with zero attached hydrogens (tertiary/aromatic N) is 2. The molecule has 0 bridgehead atoms. The monoisotopic (exact) mass is 344 g/mol. The molecule has 0 saturated carbocycles. The van der Waals surface area contributed by atoms with E-state index in [9.17, 15) is 4.79 Å². The first-order valence-electron chi connectivity index (χ1n) is 4.29. The molecular formula is C9H6Br2N4O. The van der Waals surface area contributed by atoms with Crippen molar-refractivity contribution in [2.75, 3.05) is 5.32 Å². The fraction of sp³-hybridized carbons (Fsp3) is 0. The molecule has 1 amide bonds. The summed E-state index contributed by atoms with van der Waals surface area (Å²) in [4.78, 5) is 15.5. The van der Waals surface area contributed by atoms with Gasteiger partial charge in [-0.3, -0.25) is 9.89 Å². The second-order valence-electron chi connectivity index (χ2n) is 2.88. The Morgan fingerprint density at radius 2 is 2.00 bits per heavy atom. The van der Waals surface area contributed by atoms with E-state index in [2.05, 4.69) is 52.4 Å². The Morgan fingerprint density at radius 1 is 1.31 bits per heavy atom. The molecule has 0 atom stereocenters. The van der Waals surface area contributed by atoms with E-state index in [4.69, 9.17) is 0 Å². The fourth-order valence-electron chi connectivity index (χ4n) is 1.10. The number of carbonyl (C=O) groups excluding carboxylic acids is 1. The van der Waals surface area contributed by atoms with Crippen LogP contribution in [0, 0.1) is 0 Å². The lowest BCUT2D eigenvalue weighted by molar-refractivity contribution is 0.101. The van der Waals surface area contributed by atoms with Gasteiger partial charge in [0, 0.05) is 8.95 Å². The Hall–Kier alpha value is -1.21. The minimum absolute atomic E-state index is 0.169. The number of para-hydroxylation sites is 1. The van der Waals surface area contributed by atoms with Gasteiger partial charge in [0.05, 0.1) is 5.69 Å². The Labute approximate surface area is 108 Å². The highest BCUT2D eigenvalue weighted by molar-refractivity contribution is 9.11. The average Bonchev–Trinajstić information content (AvgIpc) is 2.76. The van der Waals surface area contributed by atoms with Crippen LogP contribution in [0.5, 0.6) is 0 Å². The molecule has 5 nitrogen and oxygen atoms in total. The van der Waals surface area contributed by atoms with Crippen molar-refractivity contribution >= 4 is 43.5 Å². The molecule has 16 heavy (non-hydrogen) atoms. The molecule has 0 radical (unpaired) electrons. The number of aromatic nitrogens is 3. The van der Waals surface area contributed by atoms with Crippen LogP contribution in [0.15, 0.2) is 33.5 Å². The van der Waals surface area contributed by atoms with E-state index in [0.717, 1.165) is 8.95 Å². The SMILES string of the molecule is O=C(Nc1c(Br)cccc1Br)c1ncn[nH]1. The summed E-state index contributed by atoms with van der Waals surface area (Å²) >= 11 is 6.70. The highest BCUT2D eigenvalue weighted by atomic mass is 79.9. The molecular weight excluding hydrogens is 340 g/mol. The van der Waals surface area contributed by atoms with E-state index < -0.39 is 0 Å². The van der Waals surface area contributed by atoms with Gasteiger partial charge in [-0.1, -0.05) is 6.07 Å². The van der Waals surface area contributed by atoms with Crippen molar-refractivity contribution in [3.05, 3.63) is 39.3 Å². The molecule has 0 spiro atoms. The predicted molar refractivity (Wildman–Crippen MR) is 66.2 cm³/mol. The number of rotatable bonds is 2. The quantitative estimate of drug-likeness (QED) is 0.878. The largest absolute Gasteiger partial charge is 0.317 e. The summed E-state index contributed by atoms with van der Waals surface area (Å²) in [6.07, 6.45) is 1.28. The van der Waals surface area contributed by atoms with E-state index in [1.807, 2.05) is 18.2 Å². The van der Waals surface area contributed by atoms with E-state index >= 15 is 0 Å². The molecule has 0 saturated heterocycles. The smallest absolute Gasteiger partial charge is 0.293 e. The summed E-state index contributed by atoms with van der Waals surface area (Å²) in [5, 5.41) is 8.82. The van der Waals surface area contributed by atoms with Crippen molar-refractivity contribution < 1.29 is 4.79 Å². The number of benzene rings is 1. The fourth-order valence-corrected chi connectivity index (χ4v) is 2.30. The van der Waals surface area contributed by atoms with Crippen molar-refractivity contribution in [1.29, 1.82) is 0 Å². The maximum atomic E-state index is 11.7. The zero-order valence-corrected chi connectivity index (χ0v) is 11.0. The van der Waals surface area contributed by atoms with Crippen LogP contribution in [0.4, 0.5) is 5.69 Å². The van der Waals surface area contributed by atoms with Crippen LogP contribution in [-0.2, 0) is 0 Å². The summed E-state index contributed by atoms with van der Waals surface area (Å²) in [6.45, 7) is 0. The number of aromatic amines is 1. The molecule has 2 rings (SSSR count). The first-order valence-corrected chi connectivity index (χ1v) is 5.88. The number of hydrogen-bond acceptors (Lipinski definition) is 3. The topological polar surface area (TPSA) is 70.7 Å². The number of carbonyl (C=O) groups is 1. The van der Waals surface area contributed by atoms with Gasteiger partial charge in [0.2, 0.25) is 5.82 Å². The number of anilines is 1. The lowest BCUT2D eigenvalue weighted by Crippen LogP contribution is -2.14. The zero-order chi connectivity index (χ0) is 11.5. The molecule has 0 unspecified atom stereocenters. The van der Waals surface area contributed by atoms with Gasteiger partial charge >= 0.3 is 0 Å². The average molecular weight is 346 g/mol. The van der Waals surface area contributed by atoms with Gasteiger partial charge in [-0.2, -0.15) is 5.10 Å². The van der Waals surface area contributed by atoms with Crippen LogP contribution in [0.2, 0.25) is 0 Å². The third-order valence-corrected chi connectivity index (χ3v) is 3.15. The number of H-pyrrole nitrogens is 1. The van der Waals surface area contributed by atoms with Crippen LogP contribution in [-0.4, -0.2) is 21.1 Å². The molecule has 0 fully saturated rings. The normalized spacial score (nSPS) is 10.1. The first kappa shape index (κ1) is 11.3. The minimum Gasteiger partial charge on any atom is -0.317 e. The van der Waals surface area contributed by atoms with Crippen molar-refractivity contribution in [3.8, 4) is 0 Å². The second-order valence-corrected chi connectivity index (χ2v) is 4.59. The van der Waals surface area contributed by atoms with Crippen LogP contribution in [0.3, 0.4) is 0 Å². The maximum absolute atomic E-state index is 11.7. The van der Waals surface area contributed by atoms with Crippen LogP contribution < -0.4 is 5.32 Å². The molecule has 2 N–H and O–H groups in total. The Bertz CT molecular complexity index is 492. The summed E-state index contributed by atoms with van der Waals surface area (Å²) in [5.41, 5.74) is 0.656. The van der Waals surface area contributed by atoms with Gasteiger partial charge < -0.3 is 5.32 Å². The van der Waals surface area contributed by atoms with Crippen LogP contribution >= 0.6 is 31.9 Å². The van der Waals surface area contributed by atoms with Crippen molar-refractivity contribution in [2.24, 2.45) is 0 Å². The molecule has 7 heteroatoms. The van der Waals surface area contributed by atoms with Gasteiger partial charge in [0.1, 0.15) is 6.33 Å². The second kappa shape index (κ2) is 4.75. The third kappa shape index (κ3) is 2.30. The highest BCUT2D eigenvalue weighted by Gasteiger charge is 2.12. The van der Waals surface area contributed by atoms with Crippen LogP contribution in [0.1, 0.15) is 10.6 Å². The number of halogens is 2. The Morgan fingerprint density at radius 3 is 2.56 bits per heavy atom. The minimum atomic E-state index is -0.342. The number of hydrogen-bond donors (Lipinski definition) is 2. The zero-order valence-electron chi connectivity index (χ0n) is 7.87. The third-order valence-electron chi connectivity index (χ3n) is 1.83. The van der Waals surface area contributed by atoms with E-state index in [1.54, 1.807) is 0 Å². The molecule has 1 aromatic heterocycles. The standard InChI is InChI=1S/C9H6Br2N4O/c10-5-2-1-3-6(11)7(5)14-9(16)8-12-4-13-15-8/h1-4H,(H,14,16)(H,12,13,15). The van der Waals surface area contributed by atoms with Crippen LogP contribution in [0.25, 0.3) is 0 Å². The van der Waals surface area contributed by atoms with E-state index in [1.165, 1.54) is 6.33 Å². The Kier molecular flexibility index (Phi) is 3.35. The molecule has 0 aliphatic carbocycles. The lowest BCUT2D eigenvalue weighted by atomic mass is 10.3. The number of amides is 1.